The lowest BCUT2D eigenvalue weighted by Crippen LogP contribution is -2.06. The first kappa shape index (κ1) is 19.2. The molecule has 0 bridgehead atoms. The van der Waals surface area contributed by atoms with Gasteiger partial charge in [-0.15, -0.1) is 0 Å². The zero-order chi connectivity index (χ0) is 20.4. The molecule has 3 rings (SSSR count). The molecule has 3 aromatic rings. The van der Waals surface area contributed by atoms with Crippen LogP contribution in [0, 0.1) is 0 Å². The van der Waals surface area contributed by atoms with Crippen LogP contribution in [0.2, 0.25) is 0 Å². The number of benzene rings is 2. The fraction of sp³-hybridized carbons (Fsp3) is 0.250. The highest BCUT2D eigenvalue weighted by Crippen LogP contribution is 2.43. The van der Waals surface area contributed by atoms with Gasteiger partial charge in [0.05, 0.1) is 46.5 Å². The van der Waals surface area contributed by atoms with E-state index in [2.05, 4.69) is 0 Å². The van der Waals surface area contributed by atoms with Crippen molar-refractivity contribution in [1.29, 1.82) is 0 Å². The zero-order valence-corrected chi connectivity index (χ0v) is 16.1. The molecule has 8 heteroatoms. The number of phenols is 1. The molecule has 0 aliphatic rings. The van der Waals surface area contributed by atoms with Crippen LogP contribution in [-0.4, -0.2) is 40.7 Å². The van der Waals surface area contributed by atoms with Crippen LogP contribution in [0.25, 0.3) is 22.1 Å². The Hall–Kier alpha value is -3.55. The molecular weight excluding hydrogens is 368 g/mol. The Balaban J connectivity index is 2.31. The highest BCUT2D eigenvalue weighted by molar-refractivity contribution is 5.90. The molecule has 28 heavy (non-hydrogen) atoms. The molecule has 0 spiro atoms. The number of methoxy groups -OCH3 is 5. The van der Waals surface area contributed by atoms with E-state index in [4.69, 9.17) is 28.1 Å². The third-order valence-corrected chi connectivity index (χ3v) is 4.36. The molecular formula is C20H20O8. The number of hydrogen-bond acceptors (Lipinski definition) is 8. The Kier molecular flexibility index (Phi) is 5.21. The fourth-order valence-corrected chi connectivity index (χ4v) is 3.00. The first-order valence-electron chi connectivity index (χ1n) is 8.20. The van der Waals surface area contributed by atoms with Gasteiger partial charge in [-0.1, -0.05) is 0 Å². The van der Waals surface area contributed by atoms with Gasteiger partial charge >= 0.3 is 0 Å². The summed E-state index contributed by atoms with van der Waals surface area (Å²) in [5.41, 5.74) is 0.378. The fourth-order valence-electron chi connectivity index (χ4n) is 3.00. The van der Waals surface area contributed by atoms with Crippen LogP contribution < -0.4 is 29.1 Å². The molecule has 8 nitrogen and oxygen atoms in total. The Morgan fingerprint density at radius 1 is 0.786 bits per heavy atom. The molecule has 1 aromatic heterocycles. The van der Waals surface area contributed by atoms with E-state index in [-0.39, 0.29) is 39.2 Å². The molecule has 0 fully saturated rings. The molecule has 0 saturated heterocycles. The monoisotopic (exact) mass is 388 g/mol. The van der Waals surface area contributed by atoms with E-state index in [0.717, 1.165) is 0 Å². The molecule has 148 valence electrons. The summed E-state index contributed by atoms with van der Waals surface area (Å²) in [5.74, 6) is 1.17. The number of ether oxygens (including phenoxy) is 5. The van der Waals surface area contributed by atoms with Crippen molar-refractivity contribution in [2.24, 2.45) is 0 Å². The van der Waals surface area contributed by atoms with E-state index in [1.807, 2.05) is 0 Å². The number of aromatic hydroxyl groups is 1. The van der Waals surface area contributed by atoms with E-state index in [1.54, 1.807) is 12.1 Å². The highest BCUT2D eigenvalue weighted by Gasteiger charge is 2.21. The van der Waals surface area contributed by atoms with Crippen molar-refractivity contribution in [2.45, 2.75) is 0 Å². The molecule has 1 heterocycles. The maximum atomic E-state index is 13.1. The molecule has 0 aliphatic carbocycles. The lowest BCUT2D eigenvalue weighted by Gasteiger charge is -2.14. The van der Waals surface area contributed by atoms with Crippen LogP contribution in [0.5, 0.6) is 34.5 Å². The van der Waals surface area contributed by atoms with Gasteiger partial charge in [0, 0.05) is 0 Å². The van der Waals surface area contributed by atoms with E-state index >= 15 is 0 Å². The van der Waals surface area contributed by atoms with Gasteiger partial charge in [-0.3, -0.25) is 4.79 Å². The minimum absolute atomic E-state index is 0.00107. The van der Waals surface area contributed by atoms with Gasteiger partial charge in [0.1, 0.15) is 6.26 Å². The Morgan fingerprint density at radius 2 is 1.32 bits per heavy atom. The number of phenolic OH excluding ortho intramolecular Hbond substituents is 1. The summed E-state index contributed by atoms with van der Waals surface area (Å²) in [7, 11) is 7.25. The van der Waals surface area contributed by atoms with Gasteiger partial charge in [-0.25, -0.2) is 0 Å². The van der Waals surface area contributed by atoms with Crippen molar-refractivity contribution >= 4 is 11.0 Å². The number of hydrogen-bond donors (Lipinski definition) is 1. The largest absolute Gasteiger partial charge is 0.502 e. The first-order chi connectivity index (χ1) is 13.5. The van der Waals surface area contributed by atoms with Crippen LogP contribution >= 0.6 is 0 Å². The molecule has 1 N–H and O–H groups in total. The second kappa shape index (κ2) is 7.59. The highest BCUT2D eigenvalue weighted by atomic mass is 16.5. The van der Waals surface area contributed by atoms with E-state index < -0.39 is 0 Å². The lowest BCUT2D eigenvalue weighted by molar-refractivity contribution is 0.324. The van der Waals surface area contributed by atoms with Gasteiger partial charge < -0.3 is 33.2 Å². The normalized spacial score (nSPS) is 10.6. The van der Waals surface area contributed by atoms with Crippen LogP contribution in [0.3, 0.4) is 0 Å². The number of rotatable bonds is 6. The molecule has 2 aromatic carbocycles. The second-order valence-corrected chi connectivity index (χ2v) is 5.73. The quantitative estimate of drug-likeness (QED) is 0.688. The van der Waals surface area contributed by atoms with Gasteiger partial charge in [0.15, 0.2) is 22.8 Å². The third kappa shape index (κ3) is 2.92. The maximum Gasteiger partial charge on any atom is 0.207 e. The second-order valence-electron chi connectivity index (χ2n) is 5.73. The summed E-state index contributed by atoms with van der Waals surface area (Å²) < 4.78 is 31.9. The molecule has 0 atom stereocenters. The van der Waals surface area contributed by atoms with Crippen molar-refractivity contribution in [3.05, 3.63) is 34.7 Å². The van der Waals surface area contributed by atoms with Crippen LogP contribution in [0.15, 0.2) is 33.7 Å². The minimum atomic E-state index is -0.369. The van der Waals surface area contributed by atoms with Crippen molar-refractivity contribution in [3.8, 4) is 45.6 Å². The smallest absolute Gasteiger partial charge is 0.207 e. The molecule has 0 aliphatic heterocycles. The molecule has 0 saturated carbocycles. The Morgan fingerprint density at radius 3 is 1.82 bits per heavy atom. The third-order valence-electron chi connectivity index (χ3n) is 4.36. The van der Waals surface area contributed by atoms with Gasteiger partial charge in [0.25, 0.3) is 0 Å². The predicted octanol–water partition coefficient (Wildman–Crippen LogP) is 3.21. The van der Waals surface area contributed by atoms with Gasteiger partial charge in [-0.05, 0) is 23.8 Å². The zero-order valence-electron chi connectivity index (χ0n) is 16.1. The predicted molar refractivity (Wildman–Crippen MR) is 102 cm³/mol. The Labute approximate surface area is 160 Å². The van der Waals surface area contributed by atoms with E-state index in [0.29, 0.717) is 22.8 Å². The molecule has 0 unspecified atom stereocenters. The van der Waals surface area contributed by atoms with Crippen molar-refractivity contribution in [2.75, 3.05) is 35.5 Å². The molecule has 0 radical (unpaired) electrons. The van der Waals surface area contributed by atoms with Crippen LogP contribution in [0.1, 0.15) is 0 Å². The topological polar surface area (TPSA) is 96.6 Å². The number of fused-ring (bicyclic) bond motifs is 1. The SMILES string of the molecule is COc1cc(-c2coc3c(O)c(OC)c(OC)cc3c2=O)cc(OC)c1OC. The average molecular weight is 388 g/mol. The van der Waals surface area contributed by atoms with Crippen molar-refractivity contribution < 1.29 is 33.2 Å². The summed E-state index contributed by atoms with van der Waals surface area (Å²) in [4.78, 5) is 13.1. The summed E-state index contributed by atoms with van der Waals surface area (Å²) >= 11 is 0. The summed E-state index contributed by atoms with van der Waals surface area (Å²) in [6, 6.07) is 4.74. The minimum Gasteiger partial charge on any atom is -0.502 e. The average Bonchev–Trinajstić information content (AvgIpc) is 2.72. The molecule has 0 amide bonds. The van der Waals surface area contributed by atoms with Crippen molar-refractivity contribution in [1.82, 2.24) is 0 Å². The standard InChI is InChI=1S/C20H20O8/c1-23-13-6-10(7-14(24-2)19(13)26-4)12-9-28-18-11(16(12)21)8-15(25-3)20(27-5)17(18)22/h6-9,22H,1-5H3. The van der Waals surface area contributed by atoms with Gasteiger partial charge in [0.2, 0.25) is 22.7 Å². The van der Waals surface area contributed by atoms with Crippen LogP contribution in [0.4, 0.5) is 0 Å². The summed E-state index contributed by atoms with van der Waals surface area (Å²) in [6.45, 7) is 0. The summed E-state index contributed by atoms with van der Waals surface area (Å²) in [5, 5.41) is 10.5. The van der Waals surface area contributed by atoms with Gasteiger partial charge in [-0.2, -0.15) is 0 Å². The first-order valence-corrected chi connectivity index (χ1v) is 8.20. The summed E-state index contributed by atoms with van der Waals surface area (Å²) in [6.07, 6.45) is 1.26. The van der Waals surface area contributed by atoms with E-state index in [9.17, 15) is 9.90 Å². The van der Waals surface area contributed by atoms with Crippen LogP contribution in [-0.2, 0) is 0 Å². The van der Waals surface area contributed by atoms with Crippen molar-refractivity contribution in [3.63, 3.8) is 0 Å². The maximum absolute atomic E-state index is 13.1. The Bertz CT molecular complexity index is 1060. The van der Waals surface area contributed by atoms with E-state index in [1.165, 1.54) is 47.9 Å². The lowest BCUT2D eigenvalue weighted by atomic mass is 10.0.